The van der Waals surface area contributed by atoms with E-state index in [1.807, 2.05) is 30.3 Å². The van der Waals surface area contributed by atoms with Crippen molar-refractivity contribution in [3.05, 3.63) is 102 Å². The molecular formula is C30H29FN2O6S. The van der Waals surface area contributed by atoms with Crippen LogP contribution in [0.2, 0.25) is 0 Å². The van der Waals surface area contributed by atoms with Gasteiger partial charge in [0.15, 0.2) is 5.76 Å². The lowest BCUT2D eigenvalue weighted by Crippen LogP contribution is -2.33. The maximum Gasteiger partial charge on any atom is 0.238 e. The lowest BCUT2D eigenvalue weighted by molar-refractivity contribution is -0.0681. The minimum Gasteiger partial charge on any atom is -0.436 e. The Labute approximate surface area is 231 Å². The summed E-state index contributed by atoms with van der Waals surface area (Å²) >= 11 is 0. The van der Waals surface area contributed by atoms with Crippen molar-refractivity contribution in [3.63, 3.8) is 0 Å². The molecule has 1 aliphatic rings. The van der Waals surface area contributed by atoms with Crippen molar-refractivity contribution in [1.29, 1.82) is 0 Å². The topological polar surface area (TPSA) is 125 Å². The van der Waals surface area contributed by atoms with Crippen LogP contribution in [0.4, 0.5) is 4.39 Å². The van der Waals surface area contributed by atoms with E-state index in [2.05, 4.69) is 4.98 Å². The summed E-state index contributed by atoms with van der Waals surface area (Å²) < 4.78 is 54.6. The first-order valence-corrected chi connectivity index (χ1v) is 14.3. The van der Waals surface area contributed by atoms with Crippen molar-refractivity contribution in [2.45, 2.75) is 29.9 Å². The van der Waals surface area contributed by atoms with E-state index >= 15 is 0 Å². The number of primary sulfonamides is 1. The van der Waals surface area contributed by atoms with Crippen LogP contribution in [-0.2, 0) is 31.7 Å². The molecule has 0 bridgehead atoms. The third-order valence-corrected chi connectivity index (χ3v) is 7.62. The van der Waals surface area contributed by atoms with E-state index in [1.165, 1.54) is 24.3 Å². The van der Waals surface area contributed by atoms with Gasteiger partial charge in [-0.25, -0.2) is 22.9 Å². The van der Waals surface area contributed by atoms with Gasteiger partial charge in [0.25, 0.3) is 0 Å². The molecule has 1 aromatic heterocycles. The molecule has 0 aliphatic carbocycles. The van der Waals surface area contributed by atoms with Crippen LogP contribution in [0, 0.1) is 5.82 Å². The molecule has 208 valence electrons. The van der Waals surface area contributed by atoms with Gasteiger partial charge in [-0.1, -0.05) is 42.5 Å². The number of nitrogens with two attached hydrogens (primary N) is 1. The molecular weight excluding hydrogens is 535 g/mol. The number of oxazole rings is 1. The van der Waals surface area contributed by atoms with Crippen molar-refractivity contribution in [2.75, 3.05) is 19.8 Å². The van der Waals surface area contributed by atoms with Crippen LogP contribution in [0.25, 0.3) is 28.7 Å². The summed E-state index contributed by atoms with van der Waals surface area (Å²) in [7, 11) is -3.82. The molecule has 0 spiro atoms. The zero-order valence-corrected chi connectivity index (χ0v) is 22.4. The third-order valence-electron chi connectivity index (χ3n) is 6.69. The molecule has 40 heavy (non-hydrogen) atoms. The van der Waals surface area contributed by atoms with Gasteiger partial charge in [-0.3, -0.25) is 0 Å². The van der Waals surface area contributed by atoms with Crippen LogP contribution in [0.5, 0.6) is 0 Å². The Hall–Kier alpha value is -3.67. The minimum atomic E-state index is -3.82. The average Bonchev–Trinajstić information content (AvgIpc) is 3.37. The van der Waals surface area contributed by atoms with Gasteiger partial charge in [0.1, 0.15) is 11.5 Å². The Morgan fingerprint density at radius 3 is 2.45 bits per heavy atom. The molecule has 3 aromatic carbocycles. The summed E-state index contributed by atoms with van der Waals surface area (Å²) in [6, 6.07) is 20.1. The highest BCUT2D eigenvalue weighted by Crippen LogP contribution is 2.34. The Balaban J connectivity index is 1.29. The highest BCUT2D eigenvalue weighted by molar-refractivity contribution is 7.89. The number of aliphatic hydroxyl groups is 1. The summed E-state index contributed by atoms with van der Waals surface area (Å²) in [5, 5.41) is 16.1. The molecule has 0 saturated carbocycles. The highest BCUT2D eigenvalue weighted by Gasteiger charge is 2.32. The molecule has 1 fully saturated rings. The molecule has 8 nitrogen and oxygen atoms in total. The van der Waals surface area contributed by atoms with Crippen molar-refractivity contribution in [1.82, 2.24) is 4.98 Å². The zero-order valence-electron chi connectivity index (χ0n) is 21.6. The van der Waals surface area contributed by atoms with Crippen LogP contribution >= 0.6 is 0 Å². The molecule has 1 aliphatic heterocycles. The van der Waals surface area contributed by atoms with Crippen molar-refractivity contribution >= 4 is 16.1 Å². The number of halogens is 1. The molecule has 0 amide bonds. The van der Waals surface area contributed by atoms with Gasteiger partial charge in [0.2, 0.25) is 15.9 Å². The second-order valence-electron chi connectivity index (χ2n) is 9.57. The van der Waals surface area contributed by atoms with Gasteiger partial charge in [0, 0.05) is 37.2 Å². The van der Waals surface area contributed by atoms with E-state index in [0.717, 1.165) is 5.56 Å². The van der Waals surface area contributed by atoms with Crippen LogP contribution in [0.1, 0.15) is 29.9 Å². The van der Waals surface area contributed by atoms with E-state index in [0.29, 0.717) is 60.1 Å². The number of aromatic nitrogens is 1. The fourth-order valence-corrected chi connectivity index (χ4v) is 5.10. The maximum absolute atomic E-state index is 14.3. The first kappa shape index (κ1) is 27.9. The van der Waals surface area contributed by atoms with Crippen LogP contribution in [-0.4, -0.2) is 38.3 Å². The molecule has 1 saturated heterocycles. The molecule has 0 atom stereocenters. The molecule has 0 radical (unpaired) electrons. The van der Waals surface area contributed by atoms with Gasteiger partial charge < -0.3 is 19.0 Å². The number of hydrogen-bond acceptors (Lipinski definition) is 7. The standard InChI is InChI=1S/C30H29FN2O6S/c31-25-18-21(17-24(19-25)30(34)12-15-37-16-13-30)20-38-14-4-7-27-33-28(22-5-2-1-3-6-22)29(39-27)23-8-10-26(11-9-23)40(32,35)36/h1-11,17-19,34H,12-16,20H2,(H2,32,35,36). The third kappa shape index (κ3) is 6.55. The van der Waals surface area contributed by atoms with Gasteiger partial charge in [-0.05, 0) is 53.6 Å². The zero-order chi connectivity index (χ0) is 28.2. The molecule has 2 heterocycles. The second kappa shape index (κ2) is 11.8. The van der Waals surface area contributed by atoms with E-state index in [9.17, 15) is 17.9 Å². The monoisotopic (exact) mass is 564 g/mol. The van der Waals surface area contributed by atoms with E-state index in [1.54, 1.807) is 30.4 Å². The van der Waals surface area contributed by atoms with Gasteiger partial charge >= 0.3 is 0 Å². The smallest absolute Gasteiger partial charge is 0.238 e. The van der Waals surface area contributed by atoms with E-state index in [-0.39, 0.29) is 18.1 Å². The number of ether oxygens (including phenoxy) is 2. The second-order valence-corrected chi connectivity index (χ2v) is 11.1. The number of rotatable bonds is 9. The fraction of sp³-hybridized carbons (Fsp3) is 0.233. The number of hydrogen-bond donors (Lipinski definition) is 2. The summed E-state index contributed by atoms with van der Waals surface area (Å²) in [4.78, 5) is 4.63. The average molecular weight is 565 g/mol. The maximum atomic E-state index is 14.3. The summed E-state index contributed by atoms with van der Waals surface area (Å²) in [5.41, 5.74) is 2.12. The minimum absolute atomic E-state index is 0.00151. The Kier molecular flexibility index (Phi) is 8.24. The van der Waals surface area contributed by atoms with Crippen LogP contribution in [0.15, 0.2) is 88.2 Å². The SMILES string of the molecule is NS(=O)(=O)c1ccc(-c2oc(C=CCOCc3cc(F)cc(C4(O)CCOCC4)c3)nc2-c2ccccc2)cc1. The lowest BCUT2D eigenvalue weighted by Gasteiger charge is -2.32. The number of nitrogens with zero attached hydrogens (tertiary/aromatic N) is 1. The van der Waals surface area contributed by atoms with Crippen LogP contribution in [0.3, 0.4) is 0 Å². The summed E-state index contributed by atoms with van der Waals surface area (Å²) in [5.74, 6) is 0.387. The predicted molar refractivity (Wildman–Crippen MR) is 148 cm³/mol. The largest absolute Gasteiger partial charge is 0.436 e. The Morgan fingerprint density at radius 1 is 1.02 bits per heavy atom. The Morgan fingerprint density at radius 2 is 1.75 bits per heavy atom. The lowest BCUT2D eigenvalue weighted by atomic mass is 9.85. The first-order valence-electron chi connectivity index (χ1n) is 12.8. The quantitative estimate of drug-likeness (QED) is 0.273. The molecule has 3 N–H and O–H groups in total. The van der Waals surface area contributed by atoms with Gasteiger partial charge in [0.05, 0.1) is 23.7 Å². The summed E-state index contributed by atoms with van der Waals surface area (Å²) in [6.07, 6.45) is 4.24. The molecule has 0 unspecified atom stereocenters. The predicted octanol–water partition coefficient (Wildman–Crippen LogP) is 5.02. The van der Waals surface area contributed by atoms with Crippen molar-refractivity contribution < 1.29 is 31.8 Å². The highest BCUT2D eigenvalue weighted by atomic mass is 32.2. The van der Waals surface area contributed by atoms with Gasteiger partial charge in [-0.2, -0.15) is 0 Å². The summed E-state index contributed by atoms with van der Waals surface area (Å²) in [6.45, 7) is 1.23. The molecule has 4 aromatic rings. The van der Waals surface area contributed by atoms with Crippen molar-refractivity contribution in [2.24, 2.45) is 5.14 Å². The molecule has 10 heteroatoms. The number of sulfonamides is 1. The van der Waals surface area contributed by atoms with E-state index < -0.39 is 21.4 Å². The van der Waals surface area contributed by atoms with Gasteiger partial charge in [-0.15, -0.1) is 0 Å². The van der Waals surface area contributed by atoms with E-state index in [4.69, 9.17) is 19.0 Å². The normalized spacial score (nSPS) is 15.5. The van der Waals surface area contributed by atoms with Crippen LogP contribution < -0.4 is 5.14 Å². The Bertz CT molecular complexity index is 1600. The molecule has 5 rings (SSSR count). The fourth-order valence-electron chi connectivity index (χ4n) is 4.59. The first-order chi connectivity index (χ1) is 19.2. The number of benzene rings is 3. The van der Waals surface area contributed by atoms with Crippen molar-refractivity contribution in [3.8, 4) is 22.6 Å².